The van der Waals surface area contributed by atoms with Gasteiger partial charge in [-0.25, -0.2) is 0 Å². The Bertz CT molecular complexity index is 840. The third-order valence-corrected chi connectivity index (χ3v) is 4.82. The molecule has 7 nitrogen and oxygen atoms in total. The van der Waals surface area contributed by atoms with Crippen molar-refractivity contribution in [1.82, 2.24) is 10.6 Å². The Labute approximate surface area is 185 Å². The molecule has 0 atom stereocenters. The molecule has 0 amide bonds. The Morgan fingerprint density at radius 2 is 1.74 bits per heavy atom. The van der Waals surface area contributed by atoms with Crippen LogP contribution in [-0.2, 0) is 17.7 Å². The van der Waals surface area contributed by atoms with Gasteiger partial charge in [-0.05, 0) is 48.7 Å². The van der Waals surface area contributed by atoms with E-state index in [9.17, 15) is 0 Å². The summed E-state index contributed by atoms with van der Waals surface area (Å²) in [6, 6.07) is 12.1. The largest absolute Gasteiger partial charge is 0.497 e. The Hall–Kier alpha value is -2.93. The van der Waals surface area contributed by atoms with Crippen molar-refractivity contribution < 1.29 is 18.9 Å². The Balaban J connectivity index is 1.90. The minimum absolute atomic E-state index is 0.613. The Morgan fingerprint density at radius 3 is 2.45 bits per heavy atom. The Morgan fingerprint density at radius 1 is 0.903 bits per heavy atom. The highest BCUT2D eigenvalue weighted by Crippen LogP contribution is 2.24. The molecule has 0 heterocycles. The van der Waals surface area contributed by atoms with Crippen molar-refractivity contribution >= 4 is 5.96 Å². The van der Waals surface area contributed by atoms with Crippen LogP contribution in [0.1, 0.15) is 23.1 Å². The number of hydrogen-bond donors (Lipinski definition) is 2. The monoisotopic (exact) mass is 429 g/mol. The van der Waals surface area contributed by atoms with E-state index in [1.54, 1.807) is 28.4 Å². The highest BCUT2D eigenvalue weighted by molar-refractivity contribution is 5.79. The molecule has 7 heteroatoms. The third-order valence-electron chi connectivity index (χ3n) is 4.82. The van der Waals surface area contributed by atoms with Crippen LogP contribution in [0.2, 0.25) is 0 Å². The number of ether oxygens (including phenoxy) is 4. The summed E-state index contributed by atoms with van der Waals surface area (Å²) in [5, 5.41) is 6.72. The number of nitrogens with one attached hydrogen (secondary N) is 2. The molecule has 0 aliphatic heterocycles. The van der Waals surface area contributed by atoms with Gasteiger partial charge >= 0.3 is 0 Å². The molecule has 0 aromatic heterocycles. The fourth-order valence-corrected chi connectivity index (χ4v) is 3.12. The van der Waals surface area contributed by atoms with Crippen LogP contribution in [0.25, 0.3) is 0 Å². The number of rotatable bonds is 12. The van der Waals surface area contributed by atoms with Gasteiger partial charge in [-0.3, -0.25) is 4.99 Å². The molecule has 2 aromatic carbocycles. The van der Waals surface area contributed by atoms with Crippen molar-refractivity contribution in [3.05, 3.63) is 53.1 Å². The number of methoxy groups -OCH3 is 3. The average molecular weight is 430 g/mol. The maximum Gasteiger partial charge on any atom is 0.191 e. The topological polar surface area (TPSA) is 73.3 Å². The normalized spacial score (nSPS) is 11.2. The maximum absolute atomic E-state index is 5.97. The molecule has 2 N–H and O–H groups in total. The van der Waals surface area contributed by atoms with Crippen molar-refractivity contribution in [3.8, 4) is 17.2 Å². The molecule has 0 saturated carbocycles. The van der Waals surface area contributed by atoms with E-state index >= 15 is 0 Å². The quantitative estimate of drug-likeness (QED) is 0.306. The van der Waals surface area contributed by atoms with Gasteiger partial charge in [-0.15, -0.1) is 0 Å². The van der Waals surface area contributed by atoms with Crippen molar-refractivity contribution in [2.45, 2.75) is 26.3 Å². The van der Waals surface area contributed by atoms with Gasteiger partial charge in [-0.1, -0.05) is 12.1 Å². The second kappa shape index (κ2) is 13.4. The van der Waals surface area contributed by atoms with Crippen LogP contribution < -0.4 is 24.8 Å². The van der Waals surface area contributed by atoms with Crippen molar-refractivity contribution in [1.29, 1.82) is 0 Å². The number of nitrogens with zero attached hydrogens (tertiary/aromatic N) is 1. The van der Waals surface area contributed by atoms with E-state index in [4.69, 9.17) is 18.9 Å². The molecule has 0 unspecified atom stereocenters. The summed E-state index contributed by atoms with van der Waals surface area (Å²) >= 11 is 0. The van der Waals surface area contributed by atoms with E-state index < -0.39 is 0 Å². The number of hydrogen-bond acceptors (Lipinski definition) is 5. The summed E-state index contributed by atoms with van der Waals surface area (Å²) in [6.07, 6.45) is 1.63. The lowest BCUT2D eigenvalue weighted by atomic mass is 10.1. The molecular formula is C24H35N3O4. The predicted octanol–water partition coefficient (Wildman–Crippen LogP) is 3.34. The van der Waals surface area contributed by atoms with Gasteiger partial charge in [0.15, 0.2) is 5.96 Å². The first-order valence-electron chi connectivity index (χ1n) is 10.5. The molecule has 0 radical (unpaired) electrons. The summed E-state index contributed by atoms with van der Waals surface area (Å²) in [4.78, 5) is 4.33. The van der Waals surface area contributed by atoms with Crippen LogP contribution in [-0.4, -0.2) is 54.1 Å². The number of guanidine groups is 1. The fourth-order valence-electron chi connectivity index (χ4n) is 3.12. The molecule has 0 spiro atoms. The number of benzene rings is 2. The van der Waals surface area contributed by atoms with Gasteiger partial charge < -0.3 is 29.6 Å². The van der Waals surface area contributed by atoms with E-state index in [2.05, 4.69) is 40.7 Å². The van der Waals surface area contributed by atoms with Crippen molar-refractivity contribution in [2.75, 3.05) is 48.1 Å². The zero-order chi connectivity index (χ0) is 22.5. The maximum atomic E-state index is 5.97. The zero-order valence-corrected chi connectivity index (χ0v) is 19.3. The Kier molecular flexibility index (Phi) is 10.5. The van der Waals surface area contributed by atoms with Crippen molar-refractivity contribution in [3.63, 3.8) is 0 Å². The van der Waals surface area contributed by atoms with E-state index in [1.165, 1.54) is 5.56 Å². The van der Waals surface area contributed by atoms with Crippen LogP contribution in [0.15, 0.2) is 41.4 Å². The standard InChI is InChI=1S/C24H35N3O4/c1-18-7-8-20(23(15-18)31-14-6-13-28-3)17-27-24(25-2)26-12-11-19-16-21(29-4)9-10-22(19)30-5/h7-10,15-16H,6,11-14,17H2,1-5H3,(H2,25,26,27). The van der Waals surface area contributed by atoms with E-state index in [-0.39, 0.29) is 0 Å². The molecule has 0 bridgehead atoms. The first-order valence-corrected chi connectivity index (χ1v) is 10.5. The highest BCUT2D eigenvalue weighted by Gasteiger charge is 2.08. The van der Waals surface area contributed by atoms with Gasteiger partial charge in [0.1, 0.15) is 17.2 Å². The fraction of sp³-hybridized carbons (Fsp3) is 0.458. The lowest BCUT2D eigenvalue weighted by Gasteiger charge is -2.16. The second-order valence-electron chi connectivity index (χ2n) is 7.09. The number of aliphatic imine (C=N–C) groups is 1. The number of aryl methyl sites for hydroxylation is 1. The summed E-state index contributed by atoms with van der Waals surface area (Å²) < 4.78 is 21.8. The molecule has 0 saturated heterocycles. The highest BCUT2D eigenvalue weighted by atomic mass is 16.5. The van der Waals surface area contributed by atoms with Crippen LogP contribution in [0.5, 0.6) is 17.2 Å². The lowest BCUT2D eigenvalue weighted by molar-refractivity contribution is 0.171. The third kappa shape index (κ3) is 8.02. The van der Waals surface area contributed by atoms with Gasteiger partial charge in [0.05, 0.1) is 20.8 Å². The lowest BCUT2D eigenvalue weighted by Crippen LogP contribution is -2.38. The minimum Gasteiger partial charge on any atom is -0.497 e. The first-order chi connectivity index (χ1) is 15.1. The smallest absolute Gasteiger partial charge is 0.191 e. The van der Waals surface area contributed by atoms with Gasteiger partial charge in [-0.2, -0.15) is 0 Å². The summed E-state index contributed by atoms with van der Waals surface area (Å²) in [6.45, 7) is 4.69. The molecule has 0 fully saturated rings. The SMILES string of the molecule is CN=C(NCCc1cc(OC)ccc1OC)NCc1ccc(C)cc1OCCCOC. The average Bonchev–Trinajstić information content (AvgIpc) is 2.79. The first kappa shape index (κ1) is 24.3. The molecule has 2 rings (SSSR count). The van der Waals surface area contributed by atoms with E-state index in [0.717, 1.165) is 47.2 Å². The summed E-state index contributed by atoms with van der Waals surface area (Å²) in [7, 11) is 6.80. The molecular weight excluding hydrogens is 394 g/mol. The molecule has 0 aliphatic carbocycles. The molecule has 31 heavy (non-hydrogen) atoms. The molecule has 170 valence electrons. The zero-order valence-electron chi connectivity index (χ0n) is 19.3. The van der Waals surface area contributed by atoms with Crippen LogP contribution in [0.3, 0.4) is 0 Å². The van der Waals surface area contributed by atoms with Gasteiger partial charge in [0.25, 0.3) is 0 Å². The second-order valence-corrected chi connectivity index (χ2v) is 7.09. The molecule has 0 aliphatic rings. The predicted molar refractivity (Wildman–Crippen MR) is 125 cm³/mol. The molecule has 2 aromatic rings. The van der Waals surface area contributed by atoms with Crippen LogP contribution in [0, 0.1) is 6.92 Å². The minimum atomic E-state index is 0.613. The van der Waals surface area contributed by atoms with E-state index in [1.807, 2.05) is 18.2 Å². The van der Waals surface area contributed by atoms with Crippen LogP contribution >= 0.6 is 0 Å². The van der Waals surface area contributed by atoms with E-state index in [0.29, 0.717) is 26.3 Å². The van der Waals surface area contributed by atoms with Crippen molar-refractivity contribution in [2.24, 2.45) is 4.99 Å². The summed E-state index contributed by atoms with van der Waals surface area (Å²) in [5.74, 6) is 3.28. The van der Waals surface area contributed by atoms with Gasteiger partial charge in [0.2, 0.25) is 0 Å². The van der Waals surface area contributed by atoms with Gasteiger partial charge in [0, 0.05) is 45.8 Å². The summed E-state index contributed by atoms with van der Waals surface area (Å²) in [5.41, 5.74) is 3.33. The van der Waals surface area contributed by atoms with Crippen LogP contribution in [0.4, 0.5) is 0 Å².